The molecule has 0 aromatic carbocycles. The molecule has 3 aromatic rings. The number of ether oxygens (including phenoxy) is 1. The number of carbonyl (C=O) groups excluding carboxylic acids is 1. The zero-order valence-corrected chi connectivity index (χ0v) is 18.2. The predicted octanol–water partition coefficient (Wildman–Crippen LogP) is 3.29. The fraction of sp³-hybridized carbons (Fsp3) is 0.250. The largest absolute Gasteiger partial charge is 0.466 e. The van der Waals surface area contributed by atoms with Gasteiger partial charge in [-0.15, -0.1) is 22.7 Å². The van der Waals surface area contributed by atoms with Gasteiger partial charge in [-0.25, -0.2) is 23.4 Å². The van der Waals surface area contributed by atoms with Gasteiger partial charge in [0.15, 0.2) is 10.3 Å². The minimum Gasteiger partial charge on any atom is -0.466 e. The number of thiophene rings is 1. The highest BCUT2D eigenvalue weighted by Crippen LogP contribution is 2.31. The number of anilines is 1. The zero-order valence-electron chi connectivity index (χ0n) is 14.9. The molecule has 3 aromatic heterocycles. The number of hydrogen-bond acceptors (Lipinski definition) is 10. The van der Waals surface area contributed by atoms with E-state index in [1.807, 2.05) is 6.26 Å². The molecule has 1 N–H and O–H groups in total. The minimum absolute atomic E-state index is 0.0574. The Bertz CT molecular complexity index is 1080. The summed E-state index contributed by atoms with van der Waals surface area (Å²) in [4.78, 5) is 25.4. The van der Waals surface area contributed by atoms with Crippen LogP contribution in [0.3, 0.4) is 0 Å². The smallest absolute Gasteiger partial charge is 0.311 e. The van der Waals surface area contributed by atoms with E-state index in [4.69, 9.17) is 4.74 Å². The molecule has 0 bridgehead atoms. The summed E-state index contributed by atoms with van der Waals surface area (Å²) in [5.41, 5.74) is 0.664. The highest BCUT2D eigenvalue weighted by molar-refractivity contribution is 7.98. The Labute approximate surface area is 174 Å². The van der Waals surface area contributed by atoms with Crippen LogP contribution in [-0.4, -0.2) is 42.2 Å². The number of esters is 1. The Hall–Kier alpha value is -2.02. The summed E-state index contributed by atoms with van der Waals surface area (Å²) in [6.45, 7) is 2.02. The molecule has 0 spiro atoms. The van der Waals surface area contributed by atoms with Crippen LogP contribution in [0.15, 0.2) is 40.0 Å². The molecule has 148 valence electrons. The Morgan fingerprint density at radius 1 is 1.25 bits per heavy atom. The van der Waals surface area contributed by atoms with E-state index in [-0.39, 0.29) is 21.7 Å². The summed E-state index contributed by atoms with van der Waals surface area (Å²) < 4.78 is 32.8. The van der Waals surface area contributed by atoms with Gasteiger partial charge >= 0.3 is 5.97 Å². The molecule has 0 fully saturated rings. The first-order chi connectivity index (χ1) is 13.4. The van der Waals surface area contributed by atoms with E-state index in [1.54, 1.807) is 25.3 Å². The van der Waals surface area contributed by atoms with Gasteiger partial charge in [0, 0.05) is 17.3 Å². The van der Waals surface area contributed by atoms with Crippen molar-refractivity contribution < 1.29 is 17.9 Å². The zero-order chi connectivity index (χ0) is 20.1. The van der Waals surface area contributed by atoms with Crippen LogP contribution in [0, 0.1) is 0 Å². The topological polar surface area (TPSA) is 111 Å². The van der Waals surface area contributed by atoms with Crippen molar-refractivity contribution in [3.05, 3.63) is 35.5 Å². The Balaban J connectivity index is 1.74. The van der Waals surface area contributed by atoms with Crippen molar-refractivity contribution >= 4 is 55.6 Å². The maximum absolute atomic E-state index is 12.6. The summed E-state index contributed by atoms with van der Waals surface area (Å²) in [5, 5.41) is 0.811. The van der Waals surface area contributed by atoms with E-state index in [9.17, 15) is 13.2 Å². The van der Waals surface area contributed by atoms with Crippen LogP contribution in [0.25, 0.3) is 10.6 Å². The Kier molecular flexibility index (Phi) is 6.65. The second-order valence-electron chi connectivity index (χ2n) is 5.27. The molecular weight excluding hydrogens is 440 g/mol. The third-order valence-electron chi connectivity index (χ3n) is 3.31. The fourth-order valence-corrected chi connectivity index (χ4v) is 5.81. The quantitative estimate of drug-likeness (QED) is 0.312. The second-order valence-corrected chi connectivity index (χ2v) is 10.1. The SMILES string of the molecule is CCOC(=O)Cc1cnc(NS(=O)(=O)c2ccc(-c3ccnc(SC)n3)s2)s1. The van der Waals surface area contributed by atoms with Crippen molar-refractivity contribution in [2.75, 3.05) is 17.6 Å². The van der Waals surface area contributed by atoms with Crippen LogP contribution < -0.4 is 4.72 Å². The van der Waals surface area contributed by atoms with Crippen LogP contribution in [0.5, 0.6) is 0 Å². The van der Waals surface area contributed by atoms with E-state index in [1.165, 1.54) is 24.0 Å². The number of hydrogen-bond donors (Lipinski definition) is 1. The number of rotatable bonds is 8. The van der Waals surface area contributed by atoms with Crippen molar-refractivity contribution in [2.24, 2.45) is 0 Å². The lowest BCUT2D eigenvalue weighted by atomic mass is 10.3. The van der Waals surface area contributed by atoms with Gasteiger partial charge in [-0.2, -0.15) is 0 Å². The summed E-state index contributed by atoms with van der Waals surface area (Å²) in [5.74, 6) is -0.377. The summed E-state index contributed by atoms with van der Waals surface area (Å²) in [6, 6.07) is 4.97. The van der Waals surface area contributed by atoms with E-state index in [2.05, 4.69) is 19.7 Å². The monoisotopic (exact) mass is 456 g/mol. The van der Waals surface area contributed by atoms with E-state index in [0.717, 1.165) is 27.6 Å². The summed E-state index contributed by atoms with van der Waals surface area (Å²) in [6.07, 6.45) is 5.03. The predicted molar refractivity (Wildman–Crippen MR) is 110 cm³/mol. The molecule has 12 heteroatoms. The van der Waals surface area contributed by atoms with Gasteiger partial charge in [0.2, 0.25) is 0 Å². The standard InChI is InChI=1S/C16H16N4O4S4/c1-3-24-13(21)8-10-9-18-16(26-10)20-28(22,23)14-5-4-12(27-14)11-6-7-17-15(19-11)25-2/h4-7,9H,3,8H2,1-2H3,(H,18,20). The van der Waals surface area contributed by atoms with Gasteiger partial charge in [0.1, 0.15) is 4.21 Å². The van der Waals surface area contributed by atoms with Crippen LogP contribution >= 0.6 is 34.4 Å². The Morgan fingerprint density at radius 2 is 2.07 bits per heavy atom. The lowest BCUT2D eigenvalue weighted by Crippen LogP contribution is -2.11. The minimum atomic E-state index is -3.79. The molecule has 28 heavy (non-hydrogen) atoms. The molecule has 0 saturated heterocycles. The molecule has 3 heterocycles. The van der Waals surface area contributed by atoms with Crippen LogP contribution in [0.1, 0.15) is 11.8 Å². The second kappa shape index (κ2) is 8.99. The van der Waals surface area contributed by atoms with Crippen molar-refractivity contribution in [2.45, 2.75) is 22.7 Å². The third-order valence-corrected chi connectivity index (χ3v) is 7.86. The lowest BCUT2D eigenvalue weighted by Gasteiger charge is -2.02. The molecule has 8 nitrogen and oxygen atoms in total. The average molecular weight is 457 g/mol. The number of thioether (sulfide) groups is 1. The van der Waals surface area contributed by atoms with Crippen LogP contribution in [-0.2, 0) is 26.0 Å². The molecule has 0 radical (unpaired) electrons. The molecule has 3 rings (SSSR count). The molecule has 0 aliphatic rings. The molecule has 0 atom stereocenters. The van der Waals surface area contributed by atoms with E-state index >= 15 is 0 Å². The van der Waals surface area contributed by atoms with Gasteiger partial charge in [0.05, 0.1) is 23.6 Å². The highest BCUT2D eigenvalue weighted by atomic mass is 32.2. The van der Waals surface area contributed by atoms with Crippen LogP contribution in [0.4, 0.5) is 5.13 Å². The maximum Gasteiger partial charge on any atom is 0.311 e. The maximum atomic E-state index is 12.6. The highest BCUT2D eigenvalue weighted by Gasteiger charge is 2.20. The summed E-state index contributed by atoms with van der Waals surface area (Å²) >= 11 is 3.62. The molecule has 0 saturated carbocycles. The first-order valence-electron chi connectivity index (χ1n) is 8.01. The third kappa shape index (κ3) is 5.07. The lowest BCUT2D eigenvalue weighted by molar-refractivity contribution is -0.142. The molecular formula is C16H16N4O4S4. The molecule has 0 unspecified atom stereocenters. The van der Waals surface area contributed by atoms with Crippen molar-refractivity contribution in [1.82, 2.24) is 15.0 Å². The van der Waals surface area contributed by atoms with Gasteiger partial charge in [-0.3, -0.25) is 9.52 Å². The summed E-state index contributed by atoms with van der Waals surface area (Å²) in [7, 11) is -3.79. The normalized spacial score (nSPS) is 11.4. The van der Waals surface area contributed by atoms with E-state index in [0.29, 0.717) is 22.3 Å². The number of nitrogens with zero attached hydrogens (tertiary/aromatic N) is 3. The number of sulfonamides is 1. The van der Waals surface area contributed by atoms with E-state index < -0.39 is 10.0 Å². The van der Waals surface area contributed by atoms with Crippen molar-refractivity contribution in [3.8, 4) is 10.6 Å². The van der Waals surface area contributed by atoms with Crippen molar-refractivity contribution in [1.29, 1.82) is 0 Å². The van der Waals surface area contributed by atoms with Crippen molar-refractivity contribution in [3.63, 3.8) is 0 Å². The Morgan fingerprint density at radius 3 is 2.82 bits per heavy atom. The number of thiazole rings is 1. The molecule has 0 aliphatic carbocycles. The van der Waals surface area contributed by atoms with Crippen LogP contribution in [0.2, 0.25) is 0 Å². The first kappa shape index (κ1) is 20.7. The van der Waals surface area contributed by atoms with Gasteiger partial charge in [-0.1, -0.05) is 11.8 Å². The first-order valence-corrected chi connectivity index (χ1v) is 12.4. The van der Waals surface area contributed by atoms with Gasteiger partial charge < -0.3 is 4.74 Å². The average Bonchev–Trinajstić information content (AvgIpc) is 3.32. The molecule has 0 aliphatic heterocycles. The number of aromatic nitrogens is 3. The van der Waals surface area contributed by atoms with Gasteiger partial charge in [-0.05, 0) is 31.4 Å². The van der Waals surface area contributed by atoms with Gasteiger partial charge in [0.25, 0.3) is 10.0 Å². The fourth-order valence-electron chi connectivity index (χ4n) is 2.13. The number of nitrogens with one attached hydrogen (secondary N) is 1. The number of carbonyl (C=O) groups is 1. The molecule has 0 amide bonds.